The van der Waals surface area contributed by atoms with Crippen molar-refractivity contribution in [3.05, 3.63) is 70.2 Å². The average Bonchev–Trinajstić information content (AvgIpc) is 2.86. The first-order valence-electron chi connectivity index (χ1n) is 6.97. The lowest BCUT2D eigenvalue weighted by atomic mass is 9.86. The molecule has 116 valence electrons. The molecule has 22 heavy (non-hydrogen) atoms. The van der Waals surface area contributed by atoms with Crippen molar-refractivity contribution in [3.63, 3.8) is 0 Å². The van der Waals surface area contributed by atoms with E-state index in [9.17, 15) is 4.79 Å². The van der Waals surface area contributed by atoms with E-state index >= 15 is 0 Å². The maximum absolute atomic E-state index is 11.9. The molecule has 5 heteroatoms. The molecule has 1 amide bonds. The lowest BCUT2D eigenvalue weighted by Gasteiger charge is -2.31. The van der Waals surface area contributed by atoms with E-state index in [2.05, 4.69) is 17.4 Å². The number of fused-ring (bicyclic) bond motifs is 1. The number of hydrogen-bond acceptors (Lipinski definition) is 2. The van der Waals surface area contributed by atoms with E-state index in [1.54, 1.807) is 0 Å². The Morgan fingerprint density at radius 1 is 1.09 bits per heavy atom. The van der Waals surface area contributed by atoms with E-state index in [4.69, 9.17) is 17.3 Å². The molecule has 1 aliphatic carbocycles. The van der Waals surface area contributed by atoms with Crippen molar-refractivity contribution in [2.75, 3.05) is 6.54 Å². The number of rotatable bonds is 3. The van der Waals surface area contributed by atoms with Gasteiger partial charge in [0.15, 0.2) is 0 Å². The van der Waals surface area contributed by atoms with Crippen molar-refractivity contribution >= 4 is 29.9 Å². The number of hydrogen-bond donors (Lipinski definition) is 2. The zero-order valence-corrected chi connectivity index (χ0v) is 13.6. The third-order valence-corrected chi connectivity index (χ3v) is 4.32. The van der Waals surface area contributed by atoms with E-state index in [0.29, 0.717) is 5.02 Å². The summed E-state index contributed by atoms with van der Waals surface area (Å²) in [6.07, 6.45) is 1.55. The van der Waals surface area contributed by atoms with E-state index in [-0.39, 0.29) is 24.9 Å². The molecule has 0 spiro atoms. The van der Waals surface area contributed by atoms with Crippen LogP contribution in [0.5, 0.6) is 0 Å². The maximum atomic E-state index is 11.9. The Morgan fingerprint density at radius 2 is 1.64 bits per heavy atom. The molecular weight excluding hydrogens is 319 g/mol. The second-order valence-corrected chi connectivity index (χ2v) is 5.90. The van der Waals surface area contributed by atoms with Gasteiger partial charge < -0.3 is 11.1 Å². The summed E-state index contributed by atoms with van der Waals surface area (Å²) in [6.45, 7) is -0.00825. The summed E-state index contributed by atoms with van der Waals surface area (Å²) in [7, 11) is 0. The highest BCUT2D eigenvalue weighted by atomic mass is 35.5. The van der Waals surface area contributed by atoms with Crippen molar-refractivity contribution < 1.29 is 4.79 Å². The maximum Gasteiger partial charge on any atom is 0.234 e. The minimum atomic E-state index is -0.426. The molecule has 3 rings (SSSR count). The summed E-state index contributed by atoms with van der Waals surface area (Å²) in [4.78, 5) is 11.9. The molecule has 0 heterocycles. The third-order valence-electron chi connectivity index (χ3n) is 4.06. The number of nitrogens with two attached hydrogens (primary N) is 1. The molecule has 0 aliphatic heterocycles. The van der Waals surface area contributed by atoms with Gasteiger partial charge >= 0.3 is 0 Å². The van der Waals surface area contributed by atoms with Crippen LogP contribution in [-0.2, 0) is 23.2 Å². The van der Waals surface area contributed by atoms with Gasteiger partial charge in [0.1, 0.15) is 0 Å². The van der Waals surface area contributed by atoms with Gasteiger partial charge in [0, 0.05) is 17.9 Å². The lowest BCUT2D eigenvalue weighted by Crippen LogP contribution is -2.48. The fourth-order valence-corrected chi connectivity index (χ4v) is 3.19. The van der Waals surface area contributed by atoms with Crippen LogP contribution in [0.3, 0.4) is 0 Å². The monoisotopic (exact) mass is 336 g/mol. The zero-order valence-electron chi connectivity index (χ0n) is 12.0. The normalized spacial score (nSPS) is 14.8. The Morgan fingerprint density at radius 3 is 2.14 bits per heavy atom. The molecule has 3 nitrogen and oxygen atoms in total. The van der Waals surface area contributed by atoms with Crippen LogP contribution >= 0.6 is 24.0 Å². The van der Waals surface area contributed by atoms with Crippen molar-refractivity contribution in [1.82, 2.24) is 5.32 Å². The van der Waals surface area contributed by atoms with Crippen LogP contribution in [0.2, 0.25) is 5.02 Å². The zero-order chi connectivity index (χ0) is 14.9. The van der Waals surface area contributed by atoms with E-state index in [1.807, 2.05) is 36.4 Å². The standard InChI is InChI=1S/C17H17ClN2O.ClH/c18-15-7-5-14(6-8-15)17(20-16(21)11-19)9-12-3-1-2-4-13(12)10-17;/h1-8H,9-11,19H2,(H,20,21);1H. The third kappa shape index (κ3) is 3.12. The molecular formula is C17H18Cl2N2O. The predicted octanol–water partition coefficient (Wildman–Crippen LogP) is 2.83. The first kappa shape index (κ1) is 16.8. The van der Waals surface area contributed by atoms with E-state index in [1.165, 1.54) is 11.1 Å². The molecule has 0 radical (unpaired) electrons. The fraction of sp³-hybridized carbons (Fsp3) is 0.235. The Bertz CT molecular complexity index is 646. The number of carbonyl (C=O) groups excluding carboxylic acids is 1. The van der Waals surface area contributed by atoms with Crippen LogP contribution in [0.1, 0.15) is 16.7 Å². The average molecular weight is 337 g/mol. The van der Waals surface area contributed by atoms with Crippen molar-refractivity contribution in [3.8, 4) is 0 Å². The van der Waals surface area contributed by atoms with Crippen LogP contribution in [-0.4, -0.2) is 12.5 Å². The second-order valence-electron chi connectivity index (χ2n) is 5.46. The molecule has 0 fully saturated rings. The summed E-state index contributed by atoms with van der Waals surface area (Å²) in [5.74, 6) is -0.141. The summed E-state index contributed by atoms with van der Waals surface area (Å²) in [5.41, 5.74) is 8.65. The van der Waals surface area contributed by atoms with Crippen LogP contribution in [0.25, 0.3) is 0 Å². The topological polar surface area (TPSA) is 55.1 Å². The summed E-state index contributed by atoms with van der Waals surface area (Å²) >= 11 is 5.98. The number of carbonyl (C=O) groups is 1. The number of benzene rings is 2. The van der Waals surface area contributed by atoms with Gasteiger partial charge in [0.05, 0.1) is 12.1 Å². The van der Waals surface area contributed by atoms with Crippen molar-refractivity contribution in [1.29, 1.82) is 0 Å². The smallest absolute Gasteiger partial charge is 0.234 e. The van der Waals surface area contributed by atoms with Gasteiger partial charge in [0.25, 0.3) is 0 Å². The molecule has 2 aromatic carbocycles. The Balaban J connectivity index is 0.00000176. The second kappa shape index (κ2) is 6.69. The highest BCUT2D eigenvalue weighted by molar-refractivity contribution is 6.30. The minimum Gasteiger partial charge on any atom is -0.345 e. The lowest BCUT2D eigenvalue weighted by molar-refractivity contribution is -0.121. The minimum absolute atomic E-state index is 0. The number of amides is 1. The Hall–Kier alpha value is -1.55. The van der Waals surface area contributed by atoms with Gasteiger partial charge in [-0.15, -0.1) is 12.4 Å². The van der Waals surface area contributed by atoms with Gasteiger partial charge in [-0.05, 0) is 28.8 Å². The van der Waals surface area contributed by atoms with Crippen LogP contribution in [0.4, 0.5) is 0 Å². The number of nitrogens with one attached hydrogen (secondary N) is 1. The first-order chi connectivity index (χ1) is 10.1. The molecule has 0 atom stereocenters. The van der Waals surface area contributed by atoms with Gasteiger partial charge in [-0.2, -0.15) is 0 Å². The highest BCUT2D eigenvalue weighted by Crippen LogP contribution is 2.38. The molecule has 2 aromatic rings. The van der Waals surface area contributed by atoms with E-state index < -0.39 is 5.54 Å². The molecule has 1 aliphatic rings. The quantitative estimate of drug-likeness (QED) is 0.905. The number of halogens is 2. The molecule has 0 bridgehead atoms. The Kier molecular flexibility index (Phi) is 5.12. The van der Waals surface area contributed by atoms with Crippen LogP contribution in [0.15, 0.2) is 48.5 Å². The van der Waals surface area contributed by atoms with Crippen molar-refractivity contribution in [2.24, 2.45) is 5.73 Å². The molecule has 0 aromatic heterocycles. The summed E-state index contributed by atoms with van der Waals surface area (Å²) in [6, 6.07) is 16.0. The molecule has 0 unspecified atom stereocenters. The fourth-order valence-electron chi connectivity index (χ4n) is 3.07. The van der Waals surface area contributed by atoms with E-state index in [0.717, 1.165) is 18.4 Å². The molecule has 3 N–H and O–H groups in total. The van der Waals surface area contributed by atoms with Crippen molar-refractivity contribution in [2.45, 2.75) is 18.4 Å². The van der Waals surface area contributed by atoms with Gasteiger partial charge in [-0.25, -0.2) is 0 Å². The summed E-state index contributed by atoms with van der Waals surface area (Å²) < 4.78 is 0. The van der Waals surface area contributed by atoms with Gasteiger partial charge in [0.2, 0.25) is 5.91 Å². The highest BCUT2D eigenvalue weighted by Gasteiger charge is 2.39. The predicted molar refractivity (Wildman–Crippen MR) is 91.4 cm³/mol. The molecule has 0 saturated carbocycles. The first-order valence-corrected chi connectivity index (χ1v) is 7.35. The largest absolute Gasteiger partial charge is 0.345 e. The van der Waals surface area contributed by atoms with Gasteiger partial charge in [-0.3, -0.25) is 4.79 Å². The van der Waals surface area contributed by atoms with Crippen LogP contribution < -0.4 is 11.1 Å². The SMILES string of the molecule is Cl.NCC(=O)NC1(c2ccc(Cl)cc2)Cc2ccccc2C1. The molecule has 0 saturated heterocycles. The van der Waals surface area contributed by atoms with Crippen LogP contribution in [0, 0.1) is 0 Å². The van der Waals surface area contributed by atoms with Gasteiger partial charge in [-0.1, -0.05) is 48.0 Å². The Labute approximate surface area is 141 Å². The summed E-state index contributed by atoms with van der Waals surface area (Å²) in [5, 5.41) is 3.81.